The van der Waals surface area contributed by atoms with Gasteiger partial charge in [0.25, 0.3) is 0 Å². The van der Waals surface area contributed by atoms with Crippen LogP contribution in [-0.2, 0) is 4.74 Å². The summed E-state index contributed by atoms with van der Waals surface area (Å²) in [5.41, 5.74) is 1.03. The van der Waals surface area contributed by atoms with Gasteiger partial charge in [0.2, 0.25) is 0 Å². The van der Waals surface area contributed by atoms with Gasteiger partial charge in [-0.3, -0.25) is 10.1 Å². The van der Waals surface area contributed by atoms with Gasteiger partial charge in [-0.15, -0.1) is 0 Å². The number of anilines is 2. The number of rotatable bonds is 9. The fourth-order valence-electron chi connectivity index (χ4n) is 2.50. The minimum Gasteiger partial charge on any atom is -0.484 e. The van der Waals surface area contributed by atoms with Crippen molar-refractivity contribution in [3.8, 4) is 5.75 Å². The van der Waals surface area contributed by atoms with Gasteiger partial charge in [-0.2, -0.15) is 0 Å². The normalized spacial score (nSPS) is 10.8. The van der Waals surface area contributed by atoms with E-state index in [0.717, 1.165) is 10.2 Å². The second kappa shape index (κ2) is 9.38. The molecule has 0 bridgehead atoms. The van der Waals surface area contributed by atoms with Gasteiger partial charge in [0, 0.05) is 22.3 Å². The minimum atomic E-state index is -0.596. The molecule has 28 heavy (non-hydrogen) atoms. The first-order chi connectivity index (χ1) is 13.6. The van der Waals surface area contributed by atoms with Crippen molar-refractivity contribution in [2.24, 2.45) is 0 Å². The quantitative estimate of drug-likeness (QED) is 0.292. The van der Waals surface area contributed by atoms with Crippen molar-refractivity contribution in [1.82, 2.24) is 9.97 Å². The number of hydrogen-bond acceptors (Lipinski definition) is 7. The van der Waals surface area contributed by atoms with Gasteiger partial charge < -0.3 is 14.8 Å². The maximum Gasteiger partial charge on any atom is 0.311 e. The smallest absolute Gasteiger partial charge is 0.311 e. The van der Waals surface area contributed by atoms with Gasteiger partial charge in [-0.25, -0.2) is 14.4 Å². The van der Waals surface area contributed by atoms with Gasteiger partial charge in [-0.05, 0) is 18.2 Å². The van der Waals surface area contributed by atoms with E-state index in [-0.39, 0.29) is 31.3 Å². The molecule has 0 saturated carbocycles. The van der Waals surface area contributed by atoms with Gasteiger partial charge >= 0.3 is 5.69 Å². The van der Waals surface area contributed by atoms with Crippen molar-refractivity contribution >= 4 is 44.0 Å². The van der Waals surface area contributed by atoms with Crippen LogP contribution in [0.5, 0.6) is 5.75 Å². The summed E-state index contributed by atoms with van der Waals surface area (Å²) < 4.78 is 23.3. The first-order valence-electron chi connectivity index (χ1n) is 8.30. The Morgan fingerprint density at radius 1 is 1.18 bits per heavy atom. The molecule has 10 heteroatoms. The second-order valence-electron chi connectivity index (χ2n) is 5.60. The molecule has 3 rings (SSSR count). The third kappa shape index (κ3) is 4.90. The molecular formula is C18H16BrFN4O4. The summed E-state index contributed by atoms with van der Waals surface area (Å²) in [6.07, 6.45) is 1.36. The zero-order chi connectivity index (χ0) is 19.9. The molecule has 2 aromatic carbocycles. The molecule has 0 aliphatic rings. The molecule has 0 unspecified atom stereocenters. The highest BCUT2D eigenvalue weighted by Gasteiger charge is 2.19. The molecular weight excluding hydrogens is 435 g/mol. The Labute approximate surface area is 168 Å². The number of hydrogen-bond donors (Lipinski definition) is 1. The van der Waals surface area contributed by atoms with E-state index in [0.29, 0.717) is 16.7 Å². The van der Waals surface area contributed by atoms with E-state index in [1.807, 2.05) is 24.3 Å². The number of benzene rings is 2. The average molecular weight is 451 g/mol. The van der Waals surface area contributed by atoms with Gasteiger partial charge in [0.15, 0.2) is 5.75 Å². The summed E-state index contributed by atoms with van der Waals surface area (Å²) in [4.78, 5) is 19.3. The molecule has 1 aromatic heterocycles. The number of halogens is 2. The first kappa shape index (κ1) is 19.9. The number of nitrogens with one attached hydrogen (secondary N) is 1. The molecule has 0 radical (unpaired) electrons. The lowest BCUT2D eigenvalue weighted by atomic mass is 10.2. The van der Waals surface area contributed by atoms with E-state index < -0.39 is 11.6 Å². The molecule has 0 aliphatic carbocycles. The van der Waals surface area contributed by atoms with Crippen LogP contribution in [0.15, 0.2) is 47.2 Å². The summed E-state index contributed by atoms with van der Waals surface area (Å²) in [5, 5.41) is 15.1. The SMILES string of the molecule is O=[N+]([O-])c1cc2c(Nc3cccc(Br)c3)ncnc2cc1OCCOCCF. The average Bonchev–Trinajstić information content (AvgIpc) is 2.67. The van der Waals surface area contributed by atoms with Crippen LogP contribution in [0, 0.1) is 10.1 Å². The maximum atomic E-state index is 12.0. The van der Waals surface area contributed by atoms with E-state index in [4.69, 9.17) is 9.47 Å². The summed E-state index contributed by atoms with van der Waals surface area (Å²) in [5.74, 6) is 0.498. The number of ether oxygens (including phenoxy) is 2. The number of nitro groups is 1. The molecule has 0 amide bonds. The monoisotopic (exact) mass is 450 g/mol. The molecule has 0 aliphatic heterocycles. The van der Waals surface area contributed by atoms with E-state index in [9.17, 15) is 14.5 Å². The Morgan fingerprint density at radius 3 is 2.79 bits per heavy atom. The Bertz CT molecular complexity index is 989. The van der Waals surface area contributed by atoms with Gasteiger partial charge in [0.1, 0.15) is 25.4 Å². The van der Waals surface area contributed by atoms with Crippen molar-refractivity contribution in [3.05, 3.63) is 57.3 Å². The minimum absolute atomic E-state index is 0.0406. The van der Waals surface area contributed by atoms with Crippen LogP contribution in [-0.4, -0.2) is 41.4 Å². The number of nitro benzene ring substituents is 1. The van der Waals surface area contributed by atoms with Crippen LogP contribution >= 0.6 is 15.9 Å². The van der Waals surface area contributed by atoms with Crippen molar-refractivity contribution < 1.29 is 18.8 Å². The molecule has 0 spiro atoms. The van der Waals surface area contributed by atoms with Crippen LogP contribution in [0.3, 0.4) is 0 Å². The van der Waals surface area contributed by atoms with E-state index in [2.05, 4.69) is 31.2 Å². The summed E-state index contributed by atoms with van der Waals surface area (Å²) in [6, 6.07) is 10.3. The van der Waals surface area contributed by atoms with Crippen molar-refractivity contribution in [2.45, 2.75) is 0 Å². The molecule has 3 aromatic rings. The first-order valence-corrected chi connectivity index (χ1v) is 9.10. The lowest BCUT2D eigenvalue weighted by molar-refractivity contribution is -0.385. The summed E-state index contributed by atoms with van der Waals surface area (Å²) >= 11 is 3.40. The second-order valence-corrected chi connectivity index (χ2v) is 6.52. The highest BCUT2D eigenvalue weighted by atomic mass is 79.9. The maximum absolute atomic E-state index is 12.0. The van der Waals surface area contributed by atoms with Crippen LogP contribution in [0.4, 0.5) is 21.6 Å². The molecule has 0 saturated heterocycles. The highest BCUT2D eigenvalue weighted by Crippen LogP contribution is 2.34. The summed E-state index contributed by atoms with van der Waals surface area (Å²) in [6.45, 7) is -0.457. The third-order valence-electron chi connectivity index (χ3n) is 3.71. The molecule has 146 valence electrons. The Balaban J connectivity index is 1.91. The van der Waals surface area contributed by atoms with E-state index >= 15 is 0 Å². The van der Waals surface area contributed by atoms with E-state index in [1.165, 1.54) is 18.5 Å². The van der Waals surface area contributed by atoms with Crippen LogP contribution in [0.25, 0.3) is 10.9 Å². The molecule has 1 N–H and O–H groups in total. The Kier molecular flexibility index (Phi) is 6.66. The van der Waals surface area contributed by atoms with Crippen molar-refractivity contribution in [3.63, 3.8) is 0 Å². The standard InChI is InChI=1S/C18H16BrFN4O4/c19-12-2-1-3-13(8-12)23-18-14-9-16(24(25)26)17(10-15(14)21-11-22-18)28-7-6-27-5-4-20/h1-3,8-11H,4-7H2,(H,21,22,23). The molecule has 0 fully saturated rings. The topological polar surface area (TPSA) is 99.4 Å². The number of alkyl halides is 1. The Morgan fingerprint density at radius 2 is 2.04 bits per heavy atom. The lowest BCUT2D eigenvalue weighted by Crippen LogP contribution is -2.09. The van der Waals surface area contributed by atoms with Crippen molar-refractivity contribution in [1.29, 1.82) is 0 Å². The lowest BCUT2D eigenvalue weighted by Gasteiger charge is -2.11. The zero-order valence-corrected chi connectivity index (χ0v) is 16.2. The fourth-order valence-corrected chi connectivity index (χ4v) is 2.90. The van der Waals surface area contributed by atoms with Crippen LogP contribution < -0.4 is 10.1 Å². The predicted octanol–water partition coefficient (Wildman–Crippen LogP) is 4.41. The molecule has 1 heterocycles. The number of fused-ring (bicyclic) bond motifs is 1. The number of aromatic nitrogens is 2. The van der Waals surface area contributed by atoms with E-state index in [1.54, 1.807) is 0 Å². The van der Waals surface area contributed by atoms with Gasteiger partial charge in [0.05, 0.1) is 29.0 Å². The van der Waals surface area contributed by atoms with Gasteiger partial charge in [-0.1, -0.05) is 22.0 Å². The predicted molar refractivity (Wildman–Crippen MR) is 106 cm³/mol. The van der Waals surface area contributed by atoms with Crippen LogP contribution in [0.1, 0.15) is 0 Å². The third-order valence-corrected chi connectivity index (χ3v) is 4.20. The number of nitrogens with zero attached hydrogens (tertiary/aromatic N) is 3. The fraction of sp³-hybridized carbons (Fsp3) is 0.222. The highest BCUT2D eigenvalue weighted by molar-refractivity contribution is 9.10. The largest absolute Gasteiger partial charge is 0.484 e. The Hall–Kier alpha value is -2.85. The van der Waals surface area contributed by atoms with Crippen molar-refractivity contribution in [2.75, 3.05) is 31.8 Å². The molecule has 8 nitrogen and oxygen atoms in total. The molecule has 0 atom stereocenters. The van der Waals surface area contributed by atoms with Crippen LogP contribution in [0.2, 0.25) is 0 Å². The zero-order valence-electron chi connectivity index (χ0n) is 14.6. The summed E-state index contributed by atoms with van der Waals surface area (Å²) in [7, 11) is 0.